The minimum absolute atomic E-state index is 0.241. The summed E-state index contributed by atoms with van der Waals surface area (Å²) in [5, 5.41) is 6.06. The van der Waals surface area contributed by atoms with E-state index in [1.54, 1.807) is 6.08 Å². The summed E-state index contributed by atoms with van der Waals surface area (Å²) in [4.78, 5) is 0. The van der Waals surface area contributed by atoms with Crippen LogP contribution in [-0.4, -0.2) is 33.7 Å². The van der Waals surface area contributed by atoms with Crippen LogP contribution in [0, 0.1) is 5.92 Å². The van der Waals surface area contributed by atoms with Crippen LogP contribution in [-0.2, 0) is 39.5 Å². The van der Waals surface area contributed by atoms with Gasteiger partial charge in [-0.1, -0.05) is 49.6 Å². The van der Waals surface area contributed by atoms with E-state index in [2.05, 4.69) is 4.72 Å². The maximum Gasteiger partial charge on any atom is 0.234 e. The Kier molecular flexibility index (Phi) is 6.11. The Morgan fingerprint density at radius 2 is 1.91 bits per heavy atom. The molecule has 0 saturated heterocycles. The third-order valence-electron chi connectivity index (χ3n) is 7.15. The van der Waals surface area contributed by atoms with Crippen LogP contribution < -0.4 is 4.72 Å². The molecule has 5 rings (SSSR count). The smallest absolute Gasteiger partial charge is 0.234 e. The van der Waals surface area contributed by atoms with Gasteiger partial charge in [-0.3, -0.25) is 8.89 Å². The van der Waals surface area contributed by atoms with E-state index in [1.807, 2.05) is 35.0 Å². The second-order valence-electron chi connectivity index (χ2n) is 9.43. The first-order valence-electron chi connectivity index (χ1n) is 11.6. The summed E-state index contributed by atoms with van der Waals surface area (Å²) in [6, 6.07) is 10.0. The van der Waals surface area contributed by atoms with Crippen LogP contribution in [0.15, 0.2) is 35.7 Å². The van der Waals surface area contributed by atoms with E-state index in [9.17, 15) is 12.6 Å². The maximum atomic E-state index is 13.0. The average Bonchev–Trinajstić information content (AvgIpc) is 3.48. The van der Waals surface area contributed by atoms with Crippen LogP contribution in [0.1, 0.15) is 67.5 Å². The molecule has 1 aliphatic heterocycles. The van der Waals surface area contributed by atoms with Crippen molar-refractivity contribution in [2.75, 3.05) is 5.75 Å². The van der Waals surface area contributed by atoms with Gasteiger partial charge in [-0.2, -0.15) is 5.10 Å². The molecule has 1 N–H and O–H groups in total. The fourth-order valence-electron chi connectivity index (χ4n) is 5.28. The molecule has 6 nitrogen and oxygen atoms in total. The third-order valence-corrected chi connectivity index (χ3v) is 9.61. The predicted octanol–water partition coefficient (Wildman–Crippen LogP) is 3.74. The van der Waals surface area contributed by atoms with Gasteiger partial charge in [0.25, 0.3) is 0 Å². The first-order chi connectivity index (χ1) is 15.4. The maximum absolute atomic E-state index is 13.0. The molecular weight excluding hydrogens is 442 g/mol. The van der Waals surface area contributed by atoms with Gasteiger partial charge in [0.05, 0.1) is 23.7 Å². The molecule has 0 bridgehead atoms. The van der Waals surface area contributed by atoms with Crippen LogP contribution in [0.4, 0.5) is 0 Å². The molecule has 172 valence electrons. The highest BCUT2D eigenvalue weighted by Gasteiger charge is 2.51. The zero-order valence-corrected chi connectivity index (χ0v) is 20.0. The molecule has 32 heavy (non-hydrogen) atoms. The first-order valence-corrected chi connectivity index (χ1v) is 14.7. The second-order valence-corrected chi connectivity index (χ2v) is 12.6. The molecule has 1 unspecified atom stereocenters. The topological polar surface area (TPSA) is 81.1 Å². The molecule has 0 amide bonds. The van der Waals surface area contributed by atoms with E-state index in [1.165, 1.54) is 24.7 Å². The van der Waals surface area contributed by atoms with Crippen molar-refractivity contribution in [3.63, 3.8) is 0 Å². The number of rotatable bonds is 7. The molecule has 8 heteroatoms. The summed E-state index contributed by atoms with van der Waals surface area (Å²) in [6.07, 6.45) is 10.1. The van der Waals surface area contributed by atoms with Crippen molar-refractivity contribution in [1.29, 1.82) is 0 Å². The molecular formula is C24H31N3O3S2. The number of fused-ring (bicyclic) bond motifs is 1. The summed E-state index contributed by atoms with van der Waals surface area (Å²) in [5.41, 5.74) is 3.47. The zero-order chi connectivity index (χ0) is 22.2. The Balaban J connectivity index is 1.41. The van der Waals surface area contributed by atoms with Gasteiger partial charge in [-0.15, -0.1) is 0 Å². The lowest BCUT2D eigenvalue weighted by Gasteiger charge is -2.30. The van der Waals surface area contributed by atoms with Crippen molar-refractivity contribution < 1.29 is 12.6 Å². The monoisotopic (exact) mass is 473 g/mol. The largest absolute Gasteiger partial charge is 0.260 e. The van der Waals surface area contributed by atoms with Crippen molar-refractivity contribution in [2.45, 2.75) is 69.2 Å². The Morgan fingerprint density at radius 1 is 1.16 bits per heavy atom. The molecule has 0 radical (unpaired) electrons. The normalized spacial score (nSPS) is 23.3. The molecule has 2 heterocycles. The van der Waals surface area contributed by atoms with Crippen LogP contribution in [0.2, 0.25) is 0 Å². The molecule has 1 aromatic heterocycles. The summed E-state index contributed by atoms with van der Waals surface area (Å²) in [5.74, 6) is 1.50. The Morgan fingerprint density at radius 3 is 2.62 bits per heavy atom. The Bertz CT molecular complexity index is 1130. The number of hydrogen-bond donors (Lipinski definition) is 1. The van der Waals surface area contributed by atoms with Gasteiger partial charge in [0.1, 0.15) is 0 Å². The van der Waals surface area contributed by atoms with Gasteiger partial charge in [0, 0.05) is 39.5 Å². The van der Waals surface area contributed by atoms with Crippen molar-refractivity contribution in [2.24, 2.45) is 5.92 Å². The fraction of sp³-hybridized carbons (Fsp3) is 0.542. The summed E-state index contributed by atoms with van der Waals surface area (Å²) in [7, 11) is -4.51. The lowest BCUT2D eigenvalue weighted by molar-refractivity contribution is 0.276. The van der Waals surface area contributed by atoms with Crippen LogP contribution in [0.5, 0.6) is 0 Å². The molecule has 2 aliphatic carbocycles. The summed E-state index contributed by atoms with van der Waals surface area (Å²) < 4.78 is 43.2. The van der Waals surface area contributed by atoms with Crippen LogP contribution in [0.25, 0.3) is 6.08 Å². The fourth-order valence-corrected chi connectivity index (χ4v) is 7.80. The average molecular weight is 474 g/mol. The number of nitrogens with zero attached hydrogens (tertiary/aromatic N) is 2. The van der Waals surface area contributed by atoms with Crippen LogP contribution >= 0.6 is 0 Å². The third kappa shape index (κ3) is 4.77. The highest BCUT2D eigenvalue weighted by molar-refractivity contribution is 7.92. The van der Waals surface area contributed by atoms with Gasteiger partial charge in [0.2, 0.25) is 10.0 Å². The van der Waals surface area contributed by atoms with E-state index < -0.39 is 20.8 Å². The molecule has 2 saturated carbocycles. The lowest BCUT2D eigenvalue weighted by Crippen LogP contribution is -2.42. The lowest BCUT2D eigenvalue weighted by atomic mass is 9.83. The molecule has 2 aromatic rings. The van der Waals surface area contributed by atoms with Crippen molar-refractivity contribution in [1.82, 2.24) is 14.5 Å². The van der Waals surface area contributed by atoms with E-state index in [-0.39, 0.29) is 5.54 Å². The number of nitrogens with one attached hydrogen (secondary N) is 1. The van der Waals surface area contributed by atoms with Crippen molar-refractivity contribution >= 4 is 26.9 Å². The number of aryl methyl sites for hydroxylation is 1. The number of benzene rings is 1. The second kappa shape index (κ2) is 8.88. The zero-order valence-electron chi connectivity index (χ0n) is 18.3. The van der Waals surface area contributed by atoms with Gasteiger partial charge >= 0.3 is 0 Å². The van der Waals surface area contributed by atoms with E-state index in [0.29, 0.717) is 30.4 Å². The van der Waals surface area contributed by atoms with Crippen LogP contribution in [0.3, 0.4) is 0 Å². The Hall–Kier alpha value is -1.77. The highest BCUT2D eigenvalue weighted by atomic mass is 32.2. The highest BCUT2D eigenvalue weighted by Crippen LogP contribution is 2.48. The van der Waals surface area contributed by atoms with Gasteiger partial charge < -0.3 is 0 Å². The molecule has 1 atom stereocenters. The molecule has 1 aromatic carbocycles. The molecule has 2 fully saturated rings. The SMILES string of the molecule is O=S1CCc2nn(Cc3ccccc3)c(/C=C/S(=O)(=O)NC3(C4CCCCC4)CC3)c2C1. The van der Waals surface area contributed by atoms with E-state index >= 15 is 0 Å². The van der Waals surface area contributed by atoms with Gasteiger partial charge in [0.15, 0.2) is 0 Å². The standard InChI is InChI=1S/C24H31N3O3S2/c28-31-15-11-22-21(18-31)23(27(25-22)17-19-7-3-1-4-8-19)12-16-32(29,30)26-24(13-14-24)20-9-5-2-6-10-20/h1,3-4,7-8,12,16,20,26H,2,5-6,9-11,13-15,17-18H2/b16-12+. The van der Waals surface area contributed by atoms with Gasteiger partial charge in [-0.25, -0.2) is 13.1 Å². The molecule has 0 spiro atoms. The number of aromatic nitrogens is 2. The molecule has 3 aliphatic rings. The van der Waals surface area contributed by atoms with E-state index in [4.69, 9.17) is 5.10 Å². The Labute approximate surface area is 193 Å². The number of sulfonamides is 1. The van der Waals surface area contributed by atoms with Crippen molar-refractivity contribution in [3.05, 3.63) is 58.3 Å². The minimum Gasteiger partial charge on any atom is -0.260 e. The first kappa shape index (κ1) is 22.0. The van der Waals surface area contributed by atoms with E-state index in [0.717, 1.165) is 48.2 Å². The summed E-state index contributed by atoms with van der Waals surface area (Å²) in [6.45, 7) is 0.555. The van der Waals surface area contributed by atoms with Gasteiger partial charge in [-0.05, 0) is 43.2 Å². The summed E-state index contributed by atoms with van der Waals surface area (Å²) >= 11 is 0. The quantitative estimate of drug-likeness (QED) is 0.664. The van der Waals surface area contributed by atoms with Crippen molar-refractivity contribution in [3.8, 4) is 0 Å². The minimum atomic E-state index is -3.58. The predicted molar refractivity (Wildman–Crippen MR) is 128 cm³/mol. The number of hydrogen-bond acceptors (Lipinski definition) is 4.